The molecule has 2 aromatic rings. The van der Waals surface area contributed by atoms with Gasteiger partial charge in [-0.15, -0.1) is 0 Å². The molecule has 0 fully saturated rings. The van der Waals surface area contributed by atoms with Gasteiger partial charge in [-0.3, -0.25) is 4.68 Å². The van der Waals surface area contributed by atoms with Crippen molar-refractivity contribution in [3.05, 3.63) is 29.5 Å². The molecule has 0 saturated carbocycles. The number of carbonyl (C=O) groups is 1. The Morgan fingerprint density at radius 1 is 1.23 bits per heavy atom. The summed E-state index contributed by atoms with van der Waals surface area (Å²) >= 11 is 0. The maximum atomic E-state index is 11.2. The van der Waals surface area contributed by atoms with Gasteiger partial charge in [-0.05, 0) is 24.1 Å². The van der Waals surface area contributed by atoms with Gasteiger partial charge in [0.25, 0.3) is 0 Å². The zero-order valence-electron chi connectivity index (χ0n) is 13.4. The Bertz CT molecular complexity index is 704. The quantitative estimate of drug-likeness (QED) is 0.919. The highest BCUT2D eigenvalue weighted by atomic mass is 16.5. The number of benzene rings is 1. The third kappa shape index (κ3) is 2.64. The van der Waals surface area contributed by atoms with Crippen LogP contribution in [0.25, 0.3) is 11.3 Å². The van der Waals surface area contributed by atoms with Crippen LogP contribution in [0.1, 0.15) is 35.8 Å². The fourth-order valence-corrected chi connectivity index (χ4v) is 2.57. The second kappa shape index (κ2) is 6.09. The third-order valence-electron chi connectivity index (χ3n) is 3.54. The van der Waals surface area contributed by atoms with E-state index < -0.39 is 5.97 Å². The number of ether oxygens (including phenoxy) is 2. The molecule has 1 aromatic carbocycles. The Morgan fingerprint density at radius 3 is 2.27 bits per heavy atom. The van der Waals surface area contributed by atoms with E-state index in [-0.39, 0.29) is 11.6 Å². The number of aromatic carboxylic acids is 1. The van der Waals surface area contributed by atoms with Gasteiger partial charge in [0.1, 0.15) is 11.5 Å². The zero-order chi connectivity index (χ0) is 16.4. The molecule has 0 aliphatic carbocycles. The van der Waals surface area contributed by atoms with Gasteiger partial charge >= 0.3 is 5.97 Å². The Morgan fingerprint density at radius 2 is 1.82 bits per heavy atom. The van der Waals surface area contributed by atoms with Crippen LogP contribution in [-0.2, 0) is 7.05 Å². The van der Waals surface area contributed by atoms with E-state index >= 15 is 0 Å². The molecule has 0 saturated heterocycles. The number of nitrogens with zero attached hydrogens (tertiary/aromatic N) is 2. The highest BCUT2D eigenvalue weighted by molar-refractivity contribution is 5.88. The summed E-state index contributed by atoms with van der Waals surface area (Å²) in [6.45, 7) is 4.10. The Balaban J connectivity index is 2.80. The van der Waals surface area contributed by atoms with Gasteiger partial charge in [-0.2, -0.15) is 5.10 Å². The summed E-state index contributed by atoms with van der Waals surface area (Å²) in [6, 6.07) is 5.21. The number of aromatic nitrogens is 2. The summed E-state index contributed by atoms with van der Waals surface area (Å²) in [5.74, 6) is 0.506. The average molecular weight is 304 g/mol. The minimum absolute atomic E-state index is 0.00270. The lowest BCUT2D eigenvalue weighted by atomic mass is 9.93. The molecule has 1 N–H and O–H groups in total. The summed E-state index contributed by atoms with van der Waals surface area (Å²) in [7, 11) is 4.91. The van der Waals surface area contributed by atoms with Crippen molar-refractivity contribution >= 4 is 5.97 Å². The fraction of sp³-hybridized carbons (Fsp3) is 0.375. The minimum Gasteiger partial charge on any atom is -0.496 e. The van der Waals surface area contributed by atoms with Crippen molar-refractivity contribution in [2.45, 2.75) is 19.8 Å². The van der Waals surface area contributed by atoms with Gasteiger partial charge < -0.3 is 14.6 Å². The van der Waals surface area contributed by atoms with Crippen LogP contribution in [0.2, 0.25) is 0 Å². The number of methoxy groups -OCH3 is 2. The summed E-state index contributed by atoms with van der Waals surface area (Å²) in [6.07, 6.45) is 0. The summed E-state index contributed by atoms with van der Waals surface area (Å²) in [5, 5.41) is 13.2. The van der Waals surface area contributed by atoms with E-state index in [0.29, 0.717) is 11.4 Å². The summed E-state index contributed by atoms with van der Waals surface area (Å²) in [5.41, 5.74) is 2.44. The monoisotopic (exact) mass is 304 g/mol. The predicted octanol–water partition coefficient (Wildman–Crippen LogP) is 2.93. The average Bonchev–Trinajstić information content (AvgIpc) is 2.87. The van der Waals surface area contributed by atoms with E-state index in [2.05, 4.69) is 18.9 Å². The van der Waals surface area contributed by atoms with Crippen molar-refractivity contribution in [1.29, 1.82) is 0 Å². The number of carboxylic acid groups (broad SMARTS) is 1. The highest BCUT2D eigenvalue weighted by Crippen LogP contribution is 2.42. The molecule has 22 heavy (non-hydrogen) atoms. The van der Waals surface area contributed by atoms with Crippen LogP contribution in [0, 0.1) is 0 Å². The Kier molecular flexibility index (Phi) is 4.40. The number of hydrogen-bond donors (Lipinski definition) is 1. The Labute approximate surface area is 129 Å². The van der Waals surface area contributed by atoms with Gasteiger partial charge in [0, 0.05) is 18.2 Å². The fourth-order valence-electron chi connectivity index (χ4n) is 2.57. The maximum Gasteiger partial charge on any atom is 0.356 e. The lowest BCUT2D eigenvalue weighted by molar-refractivity contribution is 0.0689. The van der Waals surface area contributed by atoms with Gasteiger partial charge in [0.2, 0.25) is 0 Å². The minimum atomic E-state index is -1.06. The van der Waals surface area contributed by atoms with Crippen molar-refractivity contribution in [3.63, 3.8) is 0 Å². The molecule has 2 rings (SSSR count). The largest absolute Gasteiger partial charge is 0.496 e. The van der Waals surface area contributed by atoms with Crippen LogP contribution in [0.5, 0.6) is 11.5 Å². The molecule has 1 heterocycles. The Hall–Kier alpha value is -2.50. The topological polar surface area (TPSA) is 73.6 Å². The highest BCUT2D eigenvalue weighted by Gasteiger charge is 2.23. The molecule has 0 unspecified atom stereocenters. The van der Waals surface area contributed by atoms with Crippen LogP contribution in [0.4, 0.5) is 0 Å². The van der Waals surface area contributed by atoms with E-state index in [1.54, 1.807) is 32.0 Å². The number of carboxylic acids is 1. The van der Waals surface area contributed by atoms with Gasteiger partial charge in [0.05, 0.1) is 19.9 Å². The summed E-state index contributed by atoms with van der Waals surface area (Å²) in [4.78, 5) is 11.2. The first-order valence-electron chi connectivity index (χ1n) is 6.93. The standard InChI is InChI=1S/C16H20N2O4/c1-9(2)14-12(21-4)6-7-13(22-5)15(14)11-8-10(16(19)20)17-18(11)3/h6-9H,1-5H3,(H,19,20). The molecule has 6 nitrogen and oxygen atoms in total. The van der Waals surface area contributed by atoms with Crippen LogP contribution < -0.4 is 9.47 Å². The van der Waals surface area contributed by atoms with Crippen LogP contribution in [0.15, 0.2) is 18.2 Å². The molecule has 0 aliphatic heterocycles. The molecule has 0 radical (unpaired) electrons. The number of rotatable bonds is 5. The lowest BCUT2D eigenvalue weighted by Gasteiger charge is -2.19. The van der Waals surface area contributed by atoms with Gasteiger partial charge in [0.15, 0.2) is 5.69 Å². The van der Waals surface area contributed by atoms with Gasteiger partial charge in [-0.25, -0.2) is 4.79 Å². The molecular weight excluding hydrogens is 284 g/mol. The van der Waals surface area contributed by atoms with Crippen LogP contribution >= 0.6 is 0 Å². The molecule has 0 atom stereocenters. The molecule has 0 spiro atoms. The van der Waals surface area contributed by atoms with E-state index in [9.17, 15) is 4.79 Å². The first kappa shape index (κ1) is 15.9. The predicted molar refractivity (Wildman–Crippen MR) is 82.8 cm³/mol. The smallest absolute Gasteiger partial charge is 0.356 e. The van der Waals surface area contributed by atoms with E-state index in [1.807, 2.05) is 12.1 Å². The SMILES string of the molecule is COc1ccc(OC)c(C(C)C)c1-c1cc(C(=O)O)nn1C. The molecule has 0 bridgehead atoms. The normalized spacial score (nSPS) is 10.8. The number of aryl methyl sites for hydroxylation is 1. The van der Waals surface area contributed by atoms with E-state index in [4.69, 9.17) is 14.6 Å². The zero-order valence-corrected chi connectivity index (χ0v) is 13.4. The van der Waals surface area contributed by atoms with Crippen molar-refractivity contribution < 1.29 is 19.4 Å². The second-order valence-electron chi connectivity index (χ2n) is 5.26. The molecule has 118 valence electrons. The molecule has 0 amide bonds. The van der Waals surface area contributed by atoms with Crippen molar-refractivity contribution in [3.8, 4) is 22.8 Å². The first-order valence-corrected chi connectivity index (χ1v) is 6.93. The van der Waals surface area contributed by atoms with E-state index in [0.717, 1.165) is 16.9 Å². The van der Waals surface area contributed by atoms with Crippen molar-refractivity contribution in [2.75, 3.05) is 14.2 Å². The molecule has 0 aliphatic rings. The summed E-state index contributed by atoms with van der Waals surface area (Å²) < 4.78 is 12.5. The van der Waals surface area contributed by atoms with Crippen LogP contribution in [0.3, 0.4) is 0 Å². The van der Waals surface area contributed by atoms with E-state index in [1.165, 1.54) is 0 Å². The first-order chi connectivity index (χ1) is 10.4. The maximum absolute atomic E-state index is 11.2. The lowest BCUT2D eigenvalue weighted by Crippen LogP contribution is -2.03. The molecule has 1 aromatic heterocycles. The van der Waals surface area contributed by atoms with Crippen molar-refractivity contribution in [1.82, 2.24) is 9.78 Å². The van der Waals surface area contributed by atoms with Gasteiger partial charge in [-0.1, -0.05) is 13.8 Å². The third-order valence-corrected chi connectivity index (χ3v) is 3.54. The van der Waals surface area contributed by atoms with Crippen LogP contribution in [-0.4, -0.2) is 35.1 Å². The van der Waals surface area contributed by atoms with Crippen molar-refractivity contribution in [2.24, 2.45) is 7.05 Å². The number of hydrogen-bond acceptors (Lipinski definition) is 4. The molecular formula is C16H20N2O4. The second-order valence-corrected chi connectivity index (χ2v) is 5.26. The molecule has 6 heteroatoms.